The predicted molar refractivity (Wildman–Crippen MR) is 132 cm³/mol. The lowest BCUT2D eigenvalue weighted by Gasteiger charge is -2.33. The number of rotatable bonds is 5. The minimum atomic E-state index is 0.162. The fraction of sp³-hybridized carbons (Fsp3) is 0.240. The molecule has 0 saturated carbocycles. The van der Waals surface area contributed by atoms with Crippen LogP contribution in [0.1, 0.15) is 11.3 Å². The quantitative estimate of drug-likeness (QED) is 0.461. The standard InChI is InChI=1S/C25H25N9/c1-3-18-6-4-7-19(14-18)21-15-22(29-25(26)28-21)23-17-34(31-30-23)16-20-8-5-9-24(27-20)33-12-10-32(2)11-13-33/h1,4-9,14-15,17H,10-13,16H2,2H3,(H2,26,28,29). The average molecular weight is 452 g/mol. The van der Waals surface area contributed by atoms with Crippen LogP contribution in [0.4, 0.5) is 11.8 Å². The maximum atomic E-state index is 6.00. The van der Waals surface area contributed by atoms with E-state index in [9.17, 15) is 0 Å². The average Bonchev–Trinajstić information content (AvgIpc) is 3.33. The first-order chi connectivity index (χ1) is 16.6. The number of terminal acetylenes is 1. The van der Waals surface area contributed by atoms with Gasteiger partial charge in [0.05, 0.1) is 29.8 Å². The number of nitrogens with zero attached hydrogens (tertiary/aromatic N) is 8. The van der Waals surface area contributed by atoms with Crippen molar-refractivity contribution in [3.63, 3.8) is 0 Å². The van der Waals surface area contributed by atoms with Crippen molar-refractivity contribution < 1.29 is 0 Å². The Morgan fingerprint density at radius 1 is 0.941 bits per heavy atom. The van der Waals surface area contributed by atoms with Crippen molar-refractivity contribution >= 4 is 11.8 Å². The Morgan fingerprint density at radius 2 is 1.74 bits per heavy atom. The number of hydrogen-bond donors (Lipinski definition) is 1. The Hall–Kier alpha value is -4.29. The molecule has 9 heteroatoms. The number of nitrogens with two attached hydrogens (primary N) is 1. The van der Waals surface area contributed by atoms with E-state index in [1.165, 1.54) is 0 Å². The summed E-state index contributed by atoms with van der Waals surface area (Å²) in [4.78, 5) is 18.2. The van der Waals surface area contributed by atoms with E-state index in [-0.39, 0.29) is 5.95 Å². The van der Waals surface area contributed by atoms with E-state index >= 15 is 0 Å². The van der Waals surface area contributed by atoms with Gasteiger partial charge in [0, 0.05) is 37.3 Å². The number of hydrogen-bond acceptors (Lipinski definition) is 8. The largest absolute Gasteiger partial charge is 0.368 e. The van der Waals surface area contributed by atoms with E-state index in [1.54, 1.807) is 4.68 Å². The van der Waals surface area contributed by atoms with Gasteiger partial charge in [-0.25, -0.2) is 19.6 Å². The van der Waals surface area contributed by atoms with Gasteiger partial charge in [0.15, 0.2) is 0 Å². The van der Waals surface area contributed by atoms with Crippen molar-refractivity contribution in [1.29, 1.82) is 0 Å². The highest BCUT2D eigenvalue weighted by Gasteiger charge is 2.16. The summed E-state index contributed by atoms with van der Waals surface area (Å²) in [7, 11) is 2.15. The van der Waals surface area contributed by atoms with Gasteiger partial charge < -0.3 is 15.5 Å². The zero-order chi connectivity index (χ0) is 23.5. The van der Waals surface area contributed by atoms with Crippen LogP contribution in [0.3, 0.4) is 0 Å². The summed E-state index contributed by atoms with van der Waals surface area (Å²) in [5.41, 5.74) is 10.4. The van der Waals surface area contributed by atoms with Gasteiger partial charge in [-0.3, -0.25) is 0 Å². The molecule has 0 atom stereocenters. The van der Waals surface area contributed by atoms with Crippen molar-refractivity contribution in [1.82, 2.24) is 34.8 Å². The molecule has 0 radical (unpaired) electrons. The first kappa shape index (κ1) is 21.6. The zero-order valence-corrected chi connectivity index (χ0v) is 19.0. The molecule has 0 aliphatic carbocycles. The molecule has 4 heterocycles. The van der Waals surface area contributed by atoms with Crippen molar-refractivity contribution in [3.8, 4) is 35.0 Å². The van der Waals surface area contributed by atoms with Gasteiger partial charge in [0.25, 0.3) is 0 Å². The molecule has 5 rings (SSSR count). The molecule has 0 spiro atoms. The van der Waals surface area contributed by atoms with E-state index in [4.69, 9.17) is 17.1 Å². The molecular weight excluding hydrogens is 426 g/mol. The summed E-state index contributed by atoms with van der Waals surface area (Å²) < 4.78 is 1.75. The smallest absolute Gasteiger partial charge is 0.221 e. The summed E-state index contributed by atoms with van der Waals surface area (Å²) in [5, 5.41) is 8.58. The molecule has 0 bridgehead atoms. The van der Waals surface area contributed by atoms with Crippen LogP contribution in [-0.4, -0.2) is 68.1 Å². The van der Waals surface area contributed by atoms with Crippen LogP contribution in [0, 0.1) is 12.3 Å². The lowest BCUT2D eigenvalue weighted by atomic mass is 10.1. The Kier molecular flexibility index (Phi) is 5.89. The summed E-state index contributed by atoms with van der Waals surface area (Å²) in [6, 6.07) is 15.5. The SMILES string of the molecule is C#Cc1cccc(-c2cc(-c3cn(Cc4cccc(N5CCN(C)CC5)n4)nn3)nc(N)n2)c1. The Morgan fingerprint density at radius 3 is 2.56 bits per heavy atom. The number of aromatic nitrogens is 6. The summed E-state index contributed by atoms with van der Waals surface area (Å²) in [6.07, 6.45) is 7.37. The van der Waals surface area contributed by atoms with E-state index in [0.29, 0.717) is 23.6 Å². The monoisotopic (exact) mass is 451 g/mol. The van der Waals surface area contributed by atoms with E-state index in [2.05, 4.69) is 49.1 Å². The third-order valence-electron chi connectivity index (χ3n) is 5.81. The highest BCUT2D eigenvalue weighted by atomic mass is 15.4. The number of piperazine rings is 1. The fourth-order valence-corrected chi connectivity index (χ4v) is 3.94. The number of nitrogen functional groups attached to an aromatic ring is 1. The van der Waals surface area contributed by atoms with Crippen molar-refractivity contribution in [2.24, 2.45) is 0 Å². The second-order valence-corrected chi connectivity index (χ2v) is 8.30. The first-order valence-electron chi connectivity index (χ1n) is 11.1. The van der Waals surface area contributed by atoms with Gasteiger partial charge in [-0.2, -0.15) is 0 Å². The van der Waals surface area contributed by atoms with Gasteiger partial charge >= 0.3 is 0 Å². The Labute approximate surface area is 198 Å². The van der Waals surface area contributed by atoms with Gasteiger partial charge in [0.1, 0.15) is 11.5 Å². The molecule has 3 aromatic heterocycles. The molecular formula is C25H25N9. The second kappa shape index (κ2) is 9.29. The summed E-state index contributed by atoms with van der Waals surface area (Å²) in [5.74, 6) is 3.80. The lowest BCUT2D eigenvalue weighted by Crippen LogP contribution is -2.44. The molecule has 34 heavy (non-hydrogen) atoms. The third kappa shape index (κ3) is 4.72. The first-order valence-corrected chi connectivity index (χ1v) is 11.1. The minimum absolute atomic E-state index is 0.162. The normalized spacial score (nSPS) is 14.2. The number of benzene rings is 1. The maximum Gasteiger partial charge on any atom is 0.221 e. The maximum absolute atomic E-state index is 6.00. The van der Waals surface area contributed by atoms with Gasteiger partial charge in [0.2, 0.25) is 5.95 Å². The van der Waals surface area contributed by atoms with Gasteiger partial charge in [-0.05, 0) is 37.4 Å². The molecule has 1 aliphatic rings. The predicted octanol–water partition coefficient (Wildman–Crippen LogP) is 2.16. The van der Waals surface area contributed by atoms with E-state index < -0.39 is 0 Å². The Balaban J connectivity index is 1.36. The molecule has 4 aromatic rings. The molecule has 2 N–H and O–H groups in total. The highest BCUT2D eigenvalue weighted by Crippen LogP contribution is 2.24. The molecule has 1 saturated heterocycles. The number of pyridine rings is 1. The summed E-state index contributed by atoms with van der Waals surface area (Å²) >= 11 is 0. The topological polar surface area (TPSA) is 102 Å². The zero-order valence-electron chi connectivity index (χ0n) is 19.0. The van der Waals surface area contributed by atoms with E-state index in [0.717, 1.165) is 48.8 Å². The van der Waals surface area contributed by atoms with Crippen molar-refractivity contribution in [2.75, 3.05) is 43.9 Å². The van der Waals surface area contributed by atoms with E-state index in [1.807, 2.05) is 48.7 Å². The lowest BCUT2D eigenvalue weighted by molar-refractivity contribution is 0.312. The highest BCUT2D eigenvalue weighted by molar-refractivity contribution is 5.68. The van der Waals surface area contributed by atoms with Crippen LogP contribution in [-0.2, 0) is 6.54 Å². The van der Waals surface area contributed by atoms with Gasteiger partial charge in [-0.15, -0.1) is 11.5 Å². The van der Waals surface area contributed by atoms with Crippen LogP contribution in [0.5, 0.6) is 0 Å². The van der Waals surface area contributed by atoms with Crippen LogP contribution >= 0.6 is 0 Å². The van der Waals surface area contributed by atoms with Crippen molar-refractivity contribution in [2.45, 2.75) is 6.54 Å². The van der Waals surface area contributed by atoms with Crippen LogP contribution in [0.25, 0.3) is 22.6 Å². The molecule has 0 unspecified atom stereocenters. The van der Waals surface area contributed by atoms with Crippen LogP contribution in [0.2, 0.25) is 0 Å². The number of anilines is 2. The third-order valence-corrected chi connectivity index (χ3v) is 5.81. The minimum Gasteiger partial charge on any atom is -0.368 e. The fourth-order valence-electron chi connectivity index (χ4n) is 3.94. The molecule has 9 nitrogen and oxygen atoms in total. The summed E-state index contributed by atoms with van der Waals surface area (Å²) in [6.45, 7) is 4.53. The van der Waals surface area contributed by atoms with Gasteiger partial charge in [-0.1, -0.05) is 29.3 Å². The van der Waals surface area contributed by atoms with Crippen molar-refractivity contribution in [3.05, 3.63) is 66.0 Å². The van der Waals surface area contributed by atoms with Crippen LogP contribution < -0.4 is 10.6 Å². The Bertz CT molecular complexity index is 1350. The molecule has 0 amide bonds. The number of likely N-dealkylation sites (N-methyl/N-ethyl adjacent to an activating group) is 1. The van der Waals surface area contributed by atoms with Crippen LogP contribution in [0.15, 0.2) is 54.7 Å². The molecule has 1 aromatic carbocycles. The molecule has 1 aliphatic heterocycles. The second-order valence-electron chi connectivity index (χ2n) is 8.30. The molecule has 170 valence electrons. The molecule has 1 fully saturated rings.